The lowest BCUT2D eigenvalue weighted by Crippen LogP contribution is -2.24. The normalized spacial score (nSPS) is 18.8. The van der Waals surface area contributed by atoms with Crippen LogP contribution >= 0.6 is 0 Å². The average molecular weight is 250 g/mol. The van der Waals surface area contributed by atoms with Gasteiger partial charge in [-0.25, -0.2) is 0 Å². The summed E-state index contributed by atoms with van der Waals surface area (Å²) in [5.41, 5.74) is 1.07. The Balaban J connectivity index is 1.90. The molecule has 0 bridgehead atoms. The van der Waals surface area contributed by atoms with Gasteiger partial charge < -0.3 is 4.90 Å². The summed E-state index contributed by atoms with van der Waals surface area (Å²) in [7, 11) is 0. The van der Waals surface area contributed by atoms with Crippen LogP contribution in [0.15, 0.2) is 36.7 Å². The van der Waals surface area contributed by atoms with Crippen LogP contribution in [0.3, 0.4) is 0 Å². The summed E-state index contributed by atoms with van der Waals surface area (Å²) in [5.74, 6) is 2.86. The molecule has 19 heavy (non-hydrogen) atoms. The third-order valence-electron chi connectivity index (χ3n) is 3.56. The summed E-state index contributed by atoms with van der Waals surface area (Å²) in [5, 5.41) is 2.25. The zero-order valence-corrected chi connectivity index (χ0v) is 10.5. The molecule has 1 saturated heterocycles. The summed E-state index contributed by atoms with van der Waals surface area (Å²) in [6, 6.07) is 8.08. The molecule has 2 heterocycles. The van der Waals surface area contributed by atoms with Crippen molar-refractivity contribution in [1.82, 2.24) is 9.88 Å². The first kappa shape index (κ1) is 11.7. The Kier molecular flexibility index (Phi) is 2.92. The van der Waals surface area contributed by atoms with Crippen LogP contribution in [0.1, 0.15) is 12.0 Å². The first-order valence-corrected chi connectivity index (χ1v) is 6.33. The maximum atomic E-state index is 11.9. The van der Waals surface area contributed by atoms with Crippen molar-refractivity contribution in [3.05, 3.63) is 42.2 Å². The third-order valence-corrected chi connectivity index (χ3v) is 3.56. The largest absolute Gasteiger partial charge is 0.337 e. The zero-order chi connectivity index (χ0) is 13.2. The molecule has 1 amide bonds. The first-order valence-electron chi connectivity index (χ1n) is 6.33. The second kappa shape index (κ2) is 4.74. The molecule has 2 aromatic rings. The molecule has 0 aliphatic carbocycles. The van der Waals surface area contributed by atoms with Crippen molar-refractivity contribution in [3.8, 4) is 12.3 Å². The van der Waals surface area contributed by atoms with Gasteiger partial charge in [-0.2, -0.15) is 0 Å². The van der Waals surface area contributed by atoms with Crippen molar-refractivity contribution >= 4 is 16.7 Å². The smallest absolute Gasteiger partial charge is 0.224 e. The van der Waals surface area contributed by atoms with Gasteiger partial charge in [0.2, 0.25) is 5.91 Å². The summed E-state index contributed by atoms with van der Waals surface area (Å²) in [6.45, 7) is 1.24. The lowest BCUT2D eigenvalue weighted by atomic mass is 10.1. The van der Waals surface area contributed by atoms with Crippen LogP contribution in [0.4, 0.5) is 0 Å². The van der Waals surface area contributed by atoms with Crippen LogP contribution in [0.5, 0.6) is 0 Å². The standard InChI is InChI=1S/C16H14N2O/c1-2-12-7-16(19)18(10-12)11-14-9-17-8-13-5-3-4-6-15(13)14/h1,3-6,8-9,12H,7,10-11H2. The molecule has 1 aliphatic rings. The van der Waals surface area contributed by atoms with Gasteiger partial charge in [-0.15, -0.1) is 12.3 Å². The van der Waals surface area contributed by atoms with Crippen LogP contribution in [0.25, 0.3) is 10.8 Å². The maximum Gasteiger partial charge on any atom is 0.224 e. The zero-order valence-electron chi connectivity index (χ0n) is 10.5. The number of carbonyl (C=O) groups excluding carboxylic acids is 1. The van der Waals surface area contributed by atoms with Crippen LogP contribution in [0, 0.1) is 18.3 Å². The Bertz CT molecular complexity index is 666. The van der Waals surface area contributed by atoms with E-state index in [0.29, 0.717) is 19.5 Å². The number of likely N-dealkylation sites (tertiary alicyclic amines) is 1. The summed E-state index contributed by atoms with van der Waals surface area (Å²) in [6.07, 6.45) is 9.54. The minimum atomic E-state index is 0.0513. The number of fused-ring (bicyclic) bond motifs is 1. The molecule has 1 atom stereocenters. The summed E-state index contributed by atoms with van der Waals surface area (Å²) in [4.78, 5) is 18.0. The molecule has 1 aromatic heterocycles. The molecule has 0 radical (unpaired) electrons. The lowest BCUT2D eigenvalue weighted by molar-refractivity contribution is -0.128. The van der Waals surface area contributed by atoms with Gasteiger partial charge in [-0.05, 0) is 10.9 Å². The molecule has 3 rings (SSSR count). The van der Waals surface area contributed by atoms with E-state index in [1.165, 1.54) is 0 Å². The predicted molar refractivity (Wildman–Crippen MR) is 74.1 cm³/mol. The van der Waals surface area contributed by atoms with E-state index in [-0.39, 0.29) is 11.8 Å². The lowest BCUT2D eigenvalue weighted by Gasteiger charge is -2.16. The molecule has 1 aliphatic heterocycles. The highest BCUT2D eigenvalue weighted by atomic mass is 16.2. The molecule has 0 N–H and O–H groups in total. The molecule has 0 saturated carbocycles. The van der Waals surface area contributed by atoms with E-state index >= 15 is 0 Å². The fraction of sp³-hybridized carbons (Fsp3) is 0.250. The molecule has 94 valence electrons. The van der Waals surface area contributed by atoms with Crippen LogP contribution < -0.4 is 0 Å². The summed E-state index contributed by atoms with van der Waals surface area (Å²) < 4.78 is 0. The second-order valence-electron chi connectivity index (χ2n) is 4.86. The number of terminal acetylenes is 1. The monoisotopic (exact) mass is 250 g/mol. The minimum absolute atomic E-state index is 0.0513. The van der Waals surface area contributed by atoms with Crippen LogP contribution in [-0.4, -0.2) is 22.3 Å². The molecule has 1 fully saturated rings. The molecule has 1 aromatic carbocycles. The number of hydrogen-bond donors (Lipinski definition) is 0. The maximum absolute atomic E-state index is 11.9. The van der Waals surface area contributed by atoms with Crippen molar-refractivity contribution in [2.24, 2.45) is 5.92 Å². The van der Waals surface area contributed by atoms with Crippen molar-refractivity contribution in [2.75, 3.05) is 6.54 Å². The van der Waals surface area contributed by atoms with Gasteiger partial charge in [-0.3, -0.25) is 9.78 Å². The molecule has 0 spiro atoms. The van der Waals surface area contributed by atoms with Gasteiger partial charge in [-0.1, -0.05) is 24.3 Å². The Morgan fingerprint density at radius 2 is 2.21 bits per heavy atom. The number of hydrogen-bond acceptors (Lipinski definition) is 2. The van der Waals surface area contributed by atoms with E-state index in [4.69, 9.17) is 6.42 Å². The van der Waals surface area contributed by atoms with E-state index in [2.05, 4.69) is 17.0 Å². The van der Waals surface area contributed by atoms with Gasteiger partial charge in [0.25, 0.3) is 0 Å². The SMILES string of the molecule is C#CC1CC(=O)N(Cc2cncc3ccccc23)C1. The highest BCUT2D eigenvalue weighted by molar-refractivity contribution is 5.85. The van der Waals surface area contributed by atoms with E-state index in [9.17, 15) is 4.79 Å². The van der Waals surface area contributed by atoms with E-state index in [1.807, 2.05) is 35.5 Å². The molecule has 1 unspecified atom stereocenters. The van der Waals surface area contributed by atoms with Crippen LogP contribution in [-0.2, 0) is 11.3 Å². The number of amides is 1. The predicted octanol–water partition coefficient (Wildman–Crippen LogP) is 2.22. The number of aromatic nitrogens is 1. The van der Waals surface area contributed by atoms with Crippen molar-refractivity contribution in [1.29, 1.82) is 0 Å². The van der Waals surface area contributed by atoms with Gasteiger partial charge >= 0.3 is 0 Å². The van der Waals surface area contributed by atoms with Gasteiger partial charge in [0.1, 0.15) is 0 Å². The minimum Gasteiger partial charge on any atom is -0.337 e. The van der Waals surface area contributed by atoms with Crippen molar-refractivity contribution in [3.63, 3.8) is 0 Å². The highest BCUT2D eigenvalue weighted by Crippen LogP contribution is 2.23. The average Bonchev–Trinajstić information content (AvgIpc) is 2.80. The van der Waals surface area contributed by atoms with Gasteiger partial charge in [0.05, 0.1) is 0 Å². The third kappa shape index (κ3) is 2.17. The van der Waals surface area contributed by atoms with E-state index in [0.717, 1.165) is 16.3 Å². The Labute approximate surface area is 112 Å². The number of pyridine rings is 1. The Morgan fingerprint density at radius 1 is 1.37 bits per heavy atom. The summed E-state index contributed by atoms with van der Waals surface area (Å²) >= 11 is 0. The molecule has 3 heteroatoms. The van der Waals surface area contributed by atoms with Crippen molar-refractivity contribution in [2.45, 2.75) is 13.0 Å². The number of rotatable bonds is 2. The fourth-order valence-electron chi connectivity index (χ4n) is 2.55. The second-order valence-corrected chi connectivity index (χ2v) is 4.86. The topological polar surface area (TPSA) is 33.2 Å². The van der Waals surface area contributed by atoms with Gasteiger partial charge in [0, 0.05) is 43.2 Å². The molecular weight excluding hydrogens is 236 g/mol. The number of nitrogens with zero attached hydrogens (tertiary/aromatic N) is 2. The Morgan fingerprint density at radius 3 is 3.00 bits per heavy atom. The number of carbonyl (C=O) groups is 1. The van der Waals surface area contributed by atoms with Gasteiger partial charge in [0.15, 0.2) is 0 Å². The quantitative estimate of drug-likeness (QED) is 0.766. The fourth-order valence-corrected chi connectivity index (χ4v) is 2.55. The van der Waals surface area contributed by atoms with E-state index < -0.39 is 0 Å². The van der Waals surface area contributed by atoms with Crippen LogP contribution in [0.2, 0.25) is 0 Å². The first-order chi connectivity index (χ1) is 9.28. The molecule has 3 nitrogen and oxygen atoms in total. The van der Waals surface area contributed by atoms with E-state index in [1.54, 1.807) is 0 Å². The number of benzene rings is 1. The van der Waals surface area contributed by atoms with Crippen molar-refractivity contribution < 1.29 is 4.79 Å². The Hall–Kier alpha value is -2.34. The molecular formula is C16H14N2O. The highest BCUT2D eigenvalue weighted by Gasteiger charge is 2.28.